The maximum absolute atomic E-state index is 12.9. The number of carbonyl (C=O) groups is 2. The Kier molecular flexibility index (Phi) is 22.1. The second kappa shape index (κ2) is 27.8. The molecule has 12 atom stereocenters. The third-order valence-corrected chi connectivity index (χ3v) is 25.4. The van der Waals surface area contributed by atoms with Gasteiger partial charge < -0.3 is 54.0 Å². The molecule has 0 radical (unpaired) electrons. The molecule has 12 unspecified atom stereocenters. The van der Waals surface area contributed by atoms with Crippen LogP contribution in [0.25, 0.3) is 0 Å². The van der Waals surface area contributed by atoms with Crippen molar-refractivity contribution in [3.63, 3.8) is 0 Å². The Hall–Kier alpha value is -6.07. The minimum atomic E-state index is -2.10. The maximum atomic E-state index is 12.9. The number of amides is 2. The van der Waals surface area contributed by atoms with E-state index < -0.39 is 70.7 Å². The van der Waals surface area contributed by atoms with Gasteiger partial charge in [-0.15, -0.1) is 0 Å². The molecule has 5 N–H and O–H groups in total. The highest BCUT2D eigenvalue weighted by Gasteiger charge is 2.52. The molecule has 3 aliphatic heterocycles. The van der Waals surface area contributed by atoms with Crippen LogP contribution in [0.5, 0.6) is 0 Å². The van der Waals surface area contributed by atoms with E-state index in [0.29, 0.717) is 17.5 Å². The number of carbonyl (C=O) groups excluding carboxylic acids is 2. The van der Waals surface area contributed by atoms with Crippen molar-refractivity contribution in [2.75, 3.05) is 30.6 Å². The summed E-state index contributed by atoms with van der Waals surface area (Å²) < 4.78 is 46.7. The largest absolute Gasteiger partial charge is 0.408 e. The number of aliphatic hydroxyl groups excluding tert-OH is 1. The molecule has 3 fully saturated rings. The van der Waals surface area contributed by atoms with Gasteiger partial charge in [0.05, 0.1) is 18.3 Å². The monoisotopic (exact) mass is 1190 g/mol. The molecule has 0 bridgehead atoms. The summed E-state index contributed by atoms with van der Waals surface area (Å²) in [4.78, 5) is 73.7. The van der Waals surface area contributed by atoms with Gasteiger partial charge in [-0.3, -0.25) is 23.3 Å². The first-order valence-electron chi connectivity index (χ1n) is 28.3. The van der Waals surface area contributed by atoms with Gasteiger partial charge in [0.25, 0.3) is 11.8 Å². The number of hydrogen-bond donors (Lipinski definition) is 4. The third kappa shape index (κ3) is 15.6. The molecule has 3 aromatic heterocycles. The highest BCUT2D eigenvalue weighted by atomic mass is 28.4. The molecule has 3 saturated heterocycles. The average molecular weight is 1190 g/mol. The lowest BCUT2D eigenvalue weighted by Gasteiger charge is -2.40. The molecular formula is C59H87N9O13Si2. The van der Waals surface area contributed by atoms with Crippen molar-refractivity contribution >= 4 is 45.9 Å². The Labute approximate surface area is 488 Å². The number of nitrogens with two attached hydrogens (primary N) is 1. The number of methoxy groups -OCH3 is 2. The predicted octanol–water partition coefficient (Wildman–Crippen LogP) is 8.55. The first kappa shape index (κ1) is 66.1. The number of aliphatic hydroxyl groups is 1. The van der Waals surface area contributed by atoms with Crippen LogP contribution in [0, 0.1) is 5.92 Å². The van der Waals surface area contributed by atoms with Gasteiger partial charge in [0.1, 0.15) is 48.0 Å². The Morgan fingerprint density at radius 2 is 0.940 bits per heavy atom. The molecule has 5 aromatic rings. The van der Waals surface area contributed by atoms with Gasteiger partial charge in [0.15, 0.2) is 35.3 Å². The molecule has 0 aliphatic carbocycles. The zero-order valence-electron chi connectivity index (χ0n) is 50.9. The first-order chi connectivity index (χ1) is 39.0. The first-order valence-corrected chi connectivity index (χ1v) is 34.1. The smallest absolute Gasteiger partial charge is 0.351 e. The van der Waals surface area contributed by atoms with Crippen molar-refractivity contribution in [3.05, 3.63) is 140 Å². The summed E-state index contributed by atoms with van der Waals surface area (Å²) in [6, 6.07) is 22.2. The van der Waals surface area contributed by atoms with Gasteiger partial charge in [0.2, 0.25) is 0 Å². The minimum Gasteiger partial charge on any atom is -0.408 e. The molecule has 0 saturated carbocycles. The predicted molar refractivity (Wildman–Crippen MR) is 322 cm³/mol. The Bertz CT molecular complexity index is 3130. The summed E-state index contributed by atoms with van der Waals surface area (Å²) in [7, 11) is -0.967. The number of ether oxygens (including phenoxy) is 5. The van der Waals surface area contributed by atoms with Gasteiger partial charge in [-0.2, -0.15) is 15.0 Å². The highest BCUT2D eigenvalue weighted by molar-refractivity contribution is 6.74. The van der Waals surface area contributed by atoms with Crippen LogP contribution in [0.3, 0.4) is 0 Å². The number of anilines is 3. The average Bonchev–Trinajstić information content (AvgIpc) is 4.11. The van der Waals surface area contributed by atoms with Crippen LogP contribution in [0.4, 0.5) is 17.5 Å². The van der Waals surface area contributed by atoms with E-state index in [-0.39, 0.29) is 75.8 Å². The Morgan fingerprint density at radius 1 is 0.566 bits per heavy atom. The van der Waals surface area contributed by atoms with Gasteiger partial charge in [-0.25, -0.2) is 14.4 Å². The van der Waals surface area contributed by atoms with Crippen molar-refractivity contribution in [3.8, 4) is 0 Å². The summed E-state index contributed by atoms with van der Waals surface area (Å²) in [5.74, 6) is 0.0392. The van der Waals surface area contributed by atoms with E-state index in [1.165, 1.54) is 26.0 Å². The van der Waals surface area contributed by atoms with E-state index in [1.807, 2.05) is 32.9 Å². The highest BCUT2D eigenvalue weighted by Crippen LogP contribution is 2.44. The van der Waals surface area contributed by atoms with Crippen LogP contribution >= 0.6 is 0 Å². The Morgan fingerprint density at radius 3 is 1.35 bits per heavy atom. The SMILES string of the molecule is CCC1OC(n2ccc(N)nc2=O)C(O)C1O[Si](C)(C)C(C)(C)C.CCC1OC(n2ccc(NC(=O)c3ccccc3)nc2=O)C(OC)C1C.CCC1OC(n2ccc(NC(=O)c3ccccc3)nc2=O)C(OC)C1O[Si](C)(C)C(C)(C)C. The molecule has 24 heteroatoms. The zero-order valence-corrected chi connectivity index (χ0v) is 52.9. The fraction of sp³-hybridized carbons (Fsp3) is 0.559. The van der Waals surface area contributed by atoms with Crippen LogP contribution in [0.15, 0.2) is 112 Å². The number of hydrogen-bond acceptors (Lipinski definition) is 17. The standard InChI is InChI=1S/C24H35N3O5Si.C19H23N3O4.C16H29N3O4Si/c1-8-17-19(32-33(6,7)24(2,3)4)20(30-5)22(31-17)27-15-14-18(26-23(27)29)25-21(28)16-12-10-9-11-13-16;1-4-14-12(2)16(25-3)18(26-14)22-11-10-15(21-19(22)24)20-17(23)13-8-6-5-7-9-13;1-7-10-13(23-24(5,6)16(2,3)4)12(20)14(22-10)19-9-8-11(17)18-15(19)21/h9-15,17,19-20,22H,8H2,1-7H3,(H,25,26,28,29);5-12,14,16,18H,4H2,1-3H3,(H,20,21,23,24);8-10,12-14,20H,7H2,1-6H3,(H2,17,18,21). The second-order valence-electron chi connectivity index (χ2n) is 24.0. The Balaban J connectivity index is 0.000000203. The molecule has 6 heterocycles. The van der Waals surface area contributed by atoms with Crippen LogP contribution in [0.1, 0.15) is 128 Å². The second-order valence-corrected chi connectivity index (χ2v) is 33.6. The zero-order chi connectivity index (χ0) is 61.4. The maximum Gasteiger partial charge on any atom is 0.351 e. The van der Waals surface area contributed by atoms with E-state index in [4.69, 9.17) is 38.3 Å². The van der Waals surface area contributed by atoms with E-state index in [2.05, 4.69) is 100 Å². The summed E-state index contributed by atoms with van der Waals surface area (Å²) >= 11 is 0. The fourth-order valence-corrected chi connectivity index (χ4v) is 12.2. The summed E-state index contributed by atoms with van der Waals surface area (Å²) in [6.45, 7) is 29.8. The third-order valence-electron chi connectivity index (χ3n) is 16.4. The molecule has 2 amide bonds. The normalized spacial score (nSPS) is 25.4. The van der Waals surface area contributed by atoms with Crippen LogP contribution < -0.4 is 33.4 Å². The molecule has 0 spiro atoms. The van der Waals surface area contributed by atoms with Crippen molar-refractivity contribution < 1.29 is 47.2 Å². The molecule has 454 valence electrons. The number of aromatic nitrogens is 6. The number of nitrogens with one attached hydrogen (secondary N) is 2. The van der Waals surface area contributed by atoms with Crippen LogP contribution in [0.2, 0.25) is 36.3 Å². The molecule has 22 nitrogen and oxygen atoms in total. The summed E-state index contributed by atoms with van der Waals surface area (Å²) in [6.07, 6.45) is 2.03. The molecule has 83 heavy (non-hydrogen) atoms. The van der Waals surface area contributed by atoms with Crippen molar-refractivity contribution in [1.29, 1.82) is 0 Å². The number of benzene rings is 2. The lowest BCUT2D eigenvalue weighted by Crippen LogP contribution is -2.49. The van der Waals surface area contributed by atoms with Crippen molar-refractivity contribution in [2.24, 2.45) is 5.92 Å². The number of rotatable bonds is 16. The summed E-state index contributed by atoms with van der Waals surface area (Å²) in [5, 5.41) is 16.1. The van der Waals surface area contributed by atoms with Crippen LogP contribution in [-0.4, -0.2) is 125 Å². The molecular weight excluding hydrogens is 1100 g/mol. The quantitative estimate of drug-likeness (QED) is 0.0674. The van der Waals surface area contributed by atoms with Gasteiger partial charge in [-0.05, 0) is 98.0 Å². The van der Waals surface area contributed by atoms with E-state index in [9.17, 15) is 29.1 Å². The lowest BCUT2D eigenvalue weighted by molar-refractivity contribution is -0.0539. The number of nitrogens with zero attached hydrogens (tertiary/aromatic N) is 6. The van der Waals surface area contributed by atoms with E-state index in [1.54, 1.807) is 87.3 Å². The minimum absolute atomic E-state index is 0.0166. The van der Waals surface area contributed by atoms with Gasteiger partial charge in [-0.1, -0.05) is 106 Å². The van der Waals surface area contributed by atoms with Gasteiger partial charge >= 0.3 is 17.1 Å². The summed E-state index contributed by atoms with van der Waals surface area (Å²) in [5.41, 5.74) is 4.94. The molecule has 8 rings (SSSR count). The molecule has 2 aromatic carbocycles. The van der Waals surface area contributed by atoms with Crippen molar-refractivity contribution in [1.82, 2.24) is 28.7 Å². The van der Waals surface area contributed by atoms with Gasteiger partial charge in [0, 0.05) is 49.9 Å². The number of nitrogen functional groups attached to an aromatic ring is 1. The fourth-order valence-electron chi connectivity index (χ4n) is 9.51. The van der Waals surface area contributed by atoms with E-state index in [0.717, 1.165) is 12.8 Å². The van der Waals surface area contributed by atoms with Crippen molar-refractivity contribution in [2.45, 2.75) is 192 Å². The van der Waals surface area contributed by atoms with E-state index >= 15 is 0 Å². The molecule has 3 aliphatic rings. The lowest BCUT2D eigenvalue weighted by atomic mass is 9.98. The van der Waals surface area contributed by atoms with Crippen LogP contribution in [-0.2, 0) is 32.5 Å². The topological polar surface area (TPSA) is 274 Å².